The minimum atomic E-state index is -4.44. The van der Waals surface area contributed by atoms with Gasteiger partial charge < -0.3 is 24.8 Å². The Kier molecular flexibility index (Phi) is 7.10. The number of ether oxygens (including phenoxy) is 3. The third-order valence-corrected chi connectivity index (χ3v) is 5.66. The molecule has 2 N–H and O–H groups in total. The van der Waals surface area contributed by atoms with Crippen molar-refractivity contribution in [2.45, 2.75) is 13.1 Å². The molecule has 0 aliphatic carbocycles. The van der Waals surface area contributed by atoms with Gasteiger partial charge in [0.2, 0.25) is 5.75 Å². The summed E-state index contributed by atoms with van der Waals surface area (Å²) in [6, 6.07) is 15.0. The Labute approximate surface area is 211 Å². The largest absolute Gasteiger partial charge is 0.493 e. The molecular formula is C27H24F3N3O4. The van der Waals surface area contributed by atoms with Crippen LogP contribution in [0.25, 0.3) is 10.9 Å². The van der Waals surface area contributed by atoms with Crippen LogP contribution < -0.4 is 24.8 Å². The number of fused-ring (bicyclic) bond motifs is 1. The lowest BCUT2D eigenvalue weighted by Gasteiger charge is -2.14. The Balaban J connectivity index is 1.58. The second-order valence-electron chi connectivity index (χ2n) is 8.13. The van der Waals surface area contributed by atoms with Crippen LogP contribution in [-0.4, -0.2) is 32.2 Å². The lowest BCUT2D eigenvalue weighted by molar-refractivity contribution is -0.137. The van der Waals surface area contributed by atoms with Gasteiger partial charge >= 0.3 is 6.18 Å². The number of methoxy groups -OCH3 is 3. The Morgan fingerprint density at radius 3 is 2.19 bits per heavy atom. The smallest absolute Gasteiger partial charge is 0.416 e. The molecule has 7 nitrogen and oxygen atoms in total. The summed E-state index contributed by atoms with van der Waals surface area (Å²) < 4.78 is 55.0. The Bertz CT molecular complexity index is 1450. The number of amides is 1. The van der Waals surface area contributed by atoms with Gasteiger partial charge in [0.25, 0.3) is 5.91 Å². The molecule has 0 aliphatic rings. The number of rotatable bonds is 7. The molecule has 0 saturated carbocycles. The number of halogens is 3. The van der Waals surface area contributed by atoms with E-state index >= 15 is 0 Å². The van der Waals surface area contributed by atoms with Gasteiger partial charge in [0, 0.05) is 22.3 Å². The molecule has 0 aliphatic heterocycles. The molecule has 0 fully saturated rings. The first-order chi connectivity index (χ1) is 17.6. The van der Waals surface area contributed by atoms with E-state index < -0.39 is 11.7 Å². The zero-order valence-electron chi connectivity index (χ0n) is 20.5. The van der Waals surface area contributed by atoms with E-state index in [9.17, 15) is 18.0 Å². The summed E-state index contributed by atoms with van der Waals surface area (Å²) >= 11 is 0. The summed E-state index contributed by atoms with van der Waals surface area (Å²) in [5.41, 5.74) is 1.81. The first-order valence-corrected chi connectivity index (χ1v) is 11.1. The Morgan fingerprint density at radius 1 is 0.865 bits per heavy atom. The molecule has 4 aromatic rings. The minimum Gasteiger partial charge on any atom is -0.493 e. The van der Waals surface area contributed by atoms with E-state index in [4.69, 9.17) is 14.2 Å². The van der Waals surface area contributed by atoms with E-state index in [1.807, 2.05) is 6.92 Å². The molecule has 0 spiro atoms. The van der Waals surface area contributed by atoms with Gasteiger partial charge in [0.15, 0.2) is 11.5 Å². The number of hydrogen-bond donors (Lipinski definition) is 2. The molecule has 4 rings (SSSR count). The van der Waals surface area contributed by atoms with Crippen LogP contribution in [0.5, 0.6) is 17.2 Å². The quantitative estimate of drug-likeness (QED) is 0.292. The Morgan fingerprint density at radius 2 is 1.57 bits per heavy atom. The minimum absolute atomic E-state index is 0.273. The number of alkyl halides is 3. The predicted octanol–water partition coefficient (Wildman–Crippen LogP) is 6.58. The maximum absolute atomic E-state index is 13.0. The first-order valence-electron chi connectivity index (χ1n) is 11.1. The van der Waals surface area contributed by atoms with Gasteiger partial charge in [0.05, 0.1) is 32.4 Å². The SMILES string of the molecule is COc1cc(C(=O)Nc2ccc3nc(Nc4cccc(C(F)(F)F)c4)cc(C)c3c2)cc(OC)c1OC. The summed E-state index contributed by atoms with van der Waals surface area (Å²) in [7, 11) is 4.41. The number of aryl methyl sites for hydroxylation is 1. The number of pyridine rings is 1. The highest BCUT2D eigenvalue weighted by Crippen LogP contribution is 2.38. The normalized spacial score (nSPS) is 11.2. The summed E-state index contributed by atoms with van der Waals surface area (Å²) in [6.45, 7) is 1.85. The number of nitrogens with one attached hydrogen (secondary N) is 2. The van der Waals surface area contributed by atoms with Gasteiger partial charge in [-0.05, 0) is 67.1 Å². The van der Waals surface area contributed by atoms with E-state index in [-0.39, 0.29) is 11.6 Å². The van der Waals surface area contributed by atoms with Gasteiger partial charge in [-0.2, -0.15) is 13.2 Å². The molecule has 0 saturated heterocycles. The molecule has 0 radical (unpaired) electrons. The summed E-state index contributed by atoms with van der Waals surface area (Å²) in [4.78, 5) is 17.5. The van der Waals surface area contributed by atoms with Crippen molar-refractivity contribution in [2.24, 2.45) is 0 Å². The molecule has 10 heteroatoms. The number of carbonyl (C=O) groups is 1. The van der Waals surface area contributed by atoms with Crippen LogP contribution in [0.4, 0.5) is 30.4 Å². The fourth-order valence-corrected chi connectivity index (χ4v) is 3.87. The van der Waals surface area contributed by atoms with Crippen LogP contribution in [0.3, 0.4) is 0 Å². The van der Waals surface area contributed by atoms with Gasteiger partial charge in [-0.3, -0.25) is 4.79 Å². The summed E-state index contributed by atoms with van der Waals surface area (Å²) in [6.07, 6.45) is -4.44. The topological polar surface area (TPSA) is 81.7 Å². The molecule has 1 heterocycles. The number of carbonyl (C=O) groups excluding carboxylic acids is 1. The maximum atomic E-state index is 13.0. The monoisotopic (exact) mass is 511 g/mol. The second-order valence-corrected chi connectivity index (χ2v) is 8.13. The zero-order valence-corrected chi connectivity index (χ0v) is 20.5. The van der Waals surface area contributed by atoms with E-state index in [1.54, 1.807) is 36.4 Å². The summed E-state index contributed by atoms with van der Waals surface area (Å²) in [5, 5.41) is 6.56. The van der Waals surface area contributed by atoms with Gasteiger partial charge in [-0.1, -0.05) is 6.07 Å². The average molecular weight is 512 g/mol. The van der Waals surface area contributed by atoms with Crippen molar-refractivity contribution in [2.75, 3.05) is 32.0 Å². The standard InChI is InChI=1S/C27H24F3N3O4/c1-15-10-24(31-18-7-5-6-17(13-18)27(28,29)30)33-21-9-8-19(14-20(15)21)32-26(34)16-11-22(35-2)25(37-4)23(12-16)36-3/h5-14H,1-4H3,(H,31,33)(H,32,34). The molecular weight excluding hydrogens is 487 g/mol. The molecule has 3 aromatic carbocycles. The third-order valence-electron chi connectivity index (χ3n) is 5.66. The van der Waals surface area contributed by atoms with Crippen LogP contribution in [0.1, 0.15) is 21.5 Å². The molecule has 1 aromatic heterocycles. The number of nitrogens with zero attached hydrogens (tertiary/aromatic N) is 1. The fourth-order valence-electron chi connectivity index (χ4n) is 3.87. The third kappa shape index (κ3) is 5.53. The van der Waals surface area contributed by atoms with Crippen LogP contribution in [0.15, 0.2) is 60.7 Å². The number of aromatic nitrogens is 1. The number of hydrogen-bond acceptors (Lipinski definition) is 6. The first kappa shape index (κ1) is 25.6. The summed E-state index contributed by atoms with van der Waals surface area (Å²) in [5.74, 6) is 1.10. The van der Waals surface area contributed by atoms with Crippen molar-refractivity contribution in [3.8, 4) is 17.2 Å². The maximum Gasteiger partial charge on any atom is 0.416 e. The highest BCUT2D eigenvalue weighted by atomic mass is 19.4. The van der Waals surface area contributed by atoms with Crippen molar-refractivity contribution in [1.29, 1.82) is 0 Å². The highest BCUT2D eigenvalue weighted by Gasteiger charge is 2.30. The Hall–Kier alpha value is -4.47. The van der Waals surface area contributed by atoms with E-state index in [0.717, 1.165) is 23.1 Å². The molecule has 37 heavy (non-hydrogen) atoms. The highest BCUT2D eigenvalue weighted by molar-refractivity contribution is 6.06. The van der Waals surface area contributed by atoms with Crippen LogP contribution in [-0.2, 0) is 6.18 Å². The van der Waals surface area contributed by atoms with Crippen molar-refractivity contribution < 1.29 is 32.2 Å². The van der Waals surface area contributed by atoms with E-state index in [2.05, 4.69) is 15.6 Å². The van der Waals surface area contributed by atoms with Crippen LogP contribution >= 0.6 is 0 Å². The number of benzene rings is 3. The van der Waals surface area contributed by atoms with Crippen LogP contribution in [0, 0.1) is 6.92 Å². The van der Waals surface area contributed by atoms with Crippen LogP contribution in [0.2, 0.25) is 0 Å². The van der Waals surface area contributed by atoms with E-state index in [0.29, 0.717) is 39.8 Å². The number of anilines is 3. The van der Waals surface area contributed by atoms with E-state index in [1.165, 1.54) is 33.5 Å². The van der Waals surface area contributed by atoms with Crippen molar-refractivity contribution in [3.05, 3.63) is 77.4 Å². The fraction of sp³-hybridized carbons (Fsp3) is 0.185. The van der Waals surface area contributed by atoms with Gasteiger partial charge in [0.1, 0.15) is 5.82 Å². The lowest BCUT2D eigenvalue weighted by Crippen LogP contribution is -2.12. The molecule has 0 bridgehead atoms. The zero-order chi connectivity index (χ0) is 26.7. The molecule has 1 amide bonds. The van der Waals surface area contributed by atoms with Crippen molar-refractivity contribution >= 4 is 34.0 Å². The van der Waals surface area contributed by atoms with Gasteiger partial charge in [-0.25, -0.2) is 4.98 Å². The predicted molar refractivity (Wildman–Crippen MR) is 135 cm³/mol. The molecule has 192 valence electrons. The van der Waals surface area contributed by atoms with Gasteiger partial charge in [-0.15, -0.1) is 0 Å². The lowest BCUT2D eigenvalue weighted by atomic mass is 10.1. The molecule has 0 atom stereocenters. The van der Waals surface area contributed by atoms with Crippen molar-refractivity contribution in [1.82, 2.24) is 4.98 Å². The average Bonchev–Trinajstić information content (AvgIpc) is 2.87. The second kappa shape index (κ2) is 10.3. The van der Waals surface area contributed by atoms with Crippen molar-refractivity contribution in [3.63, 3.8) is 0 Å². The molecule has 0 unspecified atom stereocenters.